The first-order chi connectivity index (χ1) is 9.20. The molecule has 2 N–H and O–H groups in total. The van der Waals surface area contributed by atoms with Gasteiger partial charge >= 0.3 is 0 Å². The molecule has 4 nitrogen and oxygen atoms in total. The average molecular weight is 277 g/mol. The van der Waals surface area contributed by atoms with Gasteiger partial charge < -0.3 is 10.5 Å². The van der Waals surface area contributed by atoms with E-state index in [1.807, 2.05) is 31.5 Å². The van der Waals surface area contributed by atoms with E-state index in [-0.39, 0.29) is 0 Å². The van der Waals surface area contributed by atoms with E-state index in [2.05, 4.69) is 9.97 Å². The number of nitrogens with two attached hydrogens (primary N) is 1. The fraction of sp³-hybridized carbons (Fsp3) is 0.429. The fourth-order valence-corrected chi connectivity index (χ4v) is 2.63. The predicted molar refractivity (Wildman–Crippen MR) is 77.8 cm³/mol. The summed E-state index contributed by atoms with van der Waals surface area (Å²) in [4.78, 5) is 9.99. The van der Waals surface area contributed by atoms with Crippen LogP contribution in [0.3, 0.4) is 0 Å². The molecule has 0 amide bonds. The van der Waals surface area contributed by atoms with Crippen molar-refractivity contribution in [3.63, 3.8) is 0 Å². The highest BCUT2D eigenvalue weighted by Crippen LogP contribution is 2.19. The normalized spacial score (nSPS) is 10.7. The van der Waals surface area contributed by atoms with E-state index in [4.69, 9.17) is 10.5 Å². The van der Waals surface area contributed by atoms with Crippen LogP contribution in [-0.2, 0) is 12.8 Å². The Morgan fingerprint density at radius 3 is 2.79 bits per heavy atom. The number of hydrogen-bond donors (Lipinski definition) is 1. The van der Waals surface area contributed by atoms with Gasteiger partial charge in [0.1, 0.15) is 5.75 Å². The van der Waals surface area contributed by atoms with Crippen LogP contribution in [-0.4, -0.2) is 23.1 Å². The minimum absolute atomic E-state index is 0.584. The molecule has 0 unspecified atom stereocenters. The van der Waals surface area contributed by atoms with Gasteiger partial charge in [-0.1, -0.05) is 0 Å². The molecule has 0 aliphatic heterocycles. The summed E-state index contributed by atoms with van der Waals surface area (Å²) in [6.07, 6.45) is 1.63. The molecule has 0 aliphatic carbocycles. The molecule has 5 heteroatoms. The third kappa shape index (κ3) is 3.75. The summed E-state index contributed by atoms with van der Waals surface area (Å²) in [5.41, 5.74) is 10.5. The van der Waals surface area contributed by atoms with Crippen molar-refractivity contribution < 1.29 is 4.74 Å². The number of hydrogen-bond acceptors (Lipinski definition) is 5. The maximum absolute atomic E-state index is 5.83. The number of nitrogens with zero attached hydrogens (tertiary/aromatic N) is 2. The van der Waals surface area contributed by atoms with Gasteiger partial charge in [-0.2, -0.15) is 0 Å². The summed E-state index contributed by atoms with van der Waals surface area (Å²) in [6.45, 7) is 5.23. The van der Waals surface area contributed by atoms with Gasteiger partial charge in [-0.3, -0.25) is 4.98 Å². The zero-order valence-electron chi connectivity index (χ0n) is 11.3. The molecule has 19 heavy (non-hydrogen) atoms. The second-order valence-electron chi connectivity index (χ2n) is 4.40. The van der Waals surface area contributed by atoms with Crippen molar-refractivity contribution in [3.05, 3.63) is 39.6 Å². The first-order valence-electron chi connectivity index (χ1n) is 6.39. The molecular weight excluding hydrogens is 258 g/mol. The SMILES string of the molecule is Cc1ccc(OCCc2scnc2C)c(CCN)n1. The Hall–Kier alpha value is -1.46. The Balaban J connectivity index is 1.97. The highest BCUT2D eigenvalue weighted by atomic mass is 32.1. The molecule has 102 valence electrons. The van der Waals surface area contributed by atoms with Crippen LogP contribution in [0.2, 0.25) is 0 Å². The van der Waals surface area contributed by atoms with Gasteiger partial charge in [0.05, 0.1) is 23.5 Å². The van der Waals surface area contributed by atoms with Gasteiger partial charge in [-0.15, -0.1) is 11.3 Å². The van der Waals surface area contributed by atoms with Crippen molar-refractivity contribution in [2.75, 3.05) is 13.2 Å². The number of pyridine rings is 1. The molecule has 0 spiro atoms. The Bertz CT molecular complexity index is 539. The summed E-state index contributed by atoms with van der Waals surface area (Å²) >= 11 is 1.67. The Morgan fingerprint density at radius 1 is 1.26 bits per heavy atom. The maximum atomic E-state index is 5.83. The first-order valence-corrected chi connectivity index (χ1v) is 7.27. The second kappa shape index (κ2) is 6.63. The number of aromatic nitrogens is 2. The lowest BCUT2D eigenvalue weighted by atomic mass is 10.2. The summed E-state index contributed by atoms with van der Waals surface area (Å²) in [7, 11) is 0. The van der Waals surface area contributed by atoms with E-state index in [0.717, 1.165) is 35.7 Å². The van der Waals surface area contributed by atoms with Crippen molar-refractivity contribution >= 4 is 11.3 Å². The predicted octanol–water partition coefficient (Wildman–Crippen LogP) is 2.28. The summed E-state index contributed by atoms with van der Waals surface area (Å²) in [6, 6.07) is 3.94. The van der Waals surface area contributed by atoms with Gasteiger partial charge in [-0.05, 0) is 32.5 Å². The minimum atomic E-state index is 0.584. The fourth-order valence-electron chi connectivity index (χ4n) is 1.86. The van der Waals surface area contributed by atoms with Crippen molar-refractivity contribution in [3.8, 4) is 5.75 Å². The zero-order valence-corrected chi connectivity index (χ0v) is 12.2. The summed E-state index contributed by atoms with van der Waals surface area (Å²) in [5.74, 6) is 0.846. The molecule has 2 heterocycles. The van der Waals surface area contributed by atoms with E-state index in [1.165, 1.54) is 4.88 Å². The van der Waals surface area contributed by atoms with E-state index in [1.54, 1.807) is 11.3 Å². The van der Waals surface area contributed by atoms with Gasteiger partial charge in [0, 0.05) is 23.4 Å². The first kappa shape index (κ1) is 14.0. The molecule has 0 saturated carbocycles. The Labute approximate surface area is 117 Å². The average Bonchev–Trinajstić information content (AvgIpc) is 2.78. The molecule has 0 saturated heterocycles. The second-order valence-corrected chi connectivity index (χ2v) is 5.33. The highest BCUT2D eigenvalue weighted by Gasteiger charge is 2.06. The number of aryl methyl sites for hydroxylation is 2. The molecule has 0 atom stereocenters. The van der Waals surface area contributed by atoms with E-state index < -0.39 is 0 Å². The van der Waals surface area contributed by atoms with Gasteiger partial charge in [-0.25, -0.2) is 4.98 Å². The third-order valence-corrected chi connectivity index (χ3v) is 3.88. The zero-order chi connectivity index (χ0) is 13.7. The van der Waals surface area contributed by atoms with E-state index in [9.17, 15) is 0 Å². The van der Waals surface area contributed by atoms with Crippen LogP contribution in [0.5, 0.6) is 5.75 Å². The molecule has 0 radical (unpaired) electrons. The van der Waals surface area contributed by atoms with Crippen molar-refractivity contribution in [1.29, 1.82) is 0 Å². The largest absolute Gasteiger partial charge is 0.491 e. The van der Waals surface area contributed by atoms with Crippen LogP contribution in [0.15, 0.2) is 17.6 Å². The Morgan fingerprint density at radius 2 is 2.11 bits per heavy atom. The number of thiazole rings is 1. The molecular formula is C14H19N3OS. The summed E-state index contributed by atoms with van der Waals surface area (Å²) < 4.78 is 5.83. The van der Waals surface area contributed by atoms with Crippen LogP contribution < -0.4 is 10.5 Å². The lowest BCUT2D eigenvalue weighted by Gasteiger charge is -2.10. The van der Waals surface area contributed by atoms with Crippen LogP contribution in [0.4, 0.5) is 0 Å². The van der Waals surface area contributed by atoms with Crippen LogP contribution >= 0.6 is 11.3 Å². The van der Waals surface area contributed by atoms with Gasteiger partial charge in [0.2, 0.25) is 0 Å². The summed E-state index contributed by atoms with van der Waals surface area (Å²) in [5, 5.41) is 0. The standard InChI is InChI=1S/C14H19N3OS/c1-10-3-4-13(12(17-10)5-7-15)18-8-6-14-11(2)16-9-19-14/h3-4,9H,5-8,15H2,1-2H3. The van der Waals surface area contributed by atoms with Crippen molar-refractivity contribution in [2.45, 2.75) is 26.7 Å². The topological polar surface area (TPSA) is 61.0 Å². The lowest BCUT2D eigenvalue weighted by Crippen LogP contribution is -2.09. The molecule has 0 aliphatic rings. The number of ether oxygens (including phenoxy) is 1. The minimum Gasteiger partial charge on any atom is -0.491 e. The molecule has 0 bridgehead atoms. The van der Waals surface area contributed by atoms with Gasteiger partial charge in [0.15, 0.2) is 0 Å². The third-order valence-electron chi connectivity index (χ3n) is 2.88. The Kier molecular flexibility index (Phi) is 4.87. The van der Waals surface area contributed by atoms with E-state index >= 15 is 0 Å². The van der Waals surface area contributed by atoms with Crippen LogP contribution in [0.1, 0.15) is 22.0 Å². The monoisotopic (exact) mass is 277 g/mol. The molecule has 0 fully saturated rings. The smallest absolute Gasteiger partial charge is 0.140 e. The maximum Gasteiger partial charge on any atom is 0.140 e. The molecule has 2 rings (SSSR count). The van der Waals surface area contributed by atoms with Crippen molar-refractivity contribution in [2.24, 2.45) is 5.73 Å². The highest BCUT2D eigenvalue weighted by molar-refractivity contribution is 7.09. The molecule has 0 aromatic carbocycles. The van der Waals surface area contributed by atoms with Crippen LogP contribution in [0.25, 0.3) is 0 Å². The molecule has 2 aromatic rings. The lowest BCUT2D eigenvalue weighted by molar-refractivity contribution is 0.317. The van der Waals surface area contributed by atoms with Crippen molar-refractivity contribution in [1.82, 2.24) is 9.97 Å². The number of rotatable bonds is 6. The van der Waals surface area contributed by atoms with Gasteiger partial charge in [0.25, 0.3) is 0 Å². The molecule has 2 aromatic heterocycles. The van der Waals surface area contributed by atoms with Crippen LogP contribution in [0, 0.1) is 13.8 Å². The quantitative estimate of drug-likeness (QED) is 0.880. The van der Waals surface area contributed by atoms with E-state index in [0.29, 0.717) is 13.2 Å².